The summed E-state index contributed by atoms with van der Waals surface area (Å²) < 4.78 is 42.4. The molecule has 1 aromatic carbocycles. The Labute approximate surface area is 120 Å². The number of benzene rings is 1. The predicted octanol–water partition coefficient (Wildman–Crippen LogP) is 0.968. The van der Waals surface area contributed by atoms with Gasteiger partial charge in [-0.05, 0) is 25.0 Å². The van der Waals surface area contributed by atoms with Crippen molar-refractivity contribution < 1.29 is 22.3 Å². The van der Waals surface area contributed by atoms with Gasteiger partial charge in [0.25, 0.3) is 15.9 Å². The number of nitrogens with one attached hydrogen (secondary N) is 2. The molecule has 1 heterocycles. The minimum atomic E-state index is -4.24. The number of carbonyl (C=O) groups is 1. The maximum atomic E-state index is 13.6. The van der Waals surface area contributed by atoms with Crippen LogP contribution in [0.1, 0.15) is 12.8 Å². The summed E-state index contributed by atoms with van der Waals surface area (Å²) in [6, 6.07) is 3.56. The standard InChI is InChI=1S/C11H12ClFN2O4S/c12-7-3-1-5-9(10(7)13)20(17,18)15-14-11(16)8-4-2-6-19-8/h1,3,5,8,15H,2,4,6H2,(H,14,16). The number of carbonyl (C=O) groups excluding carboxylic acids is 1. The fraction of sp³-hybridized carbons (Fsp3) is 0.364. The zero-order valence-corrected chi connectivity index (χ0v) is 11.8. The van der Waals surface area contributed by atoms with Crippen LogP contribution in [0.4, 0.5) is 4.39 Å². The van der Waals surface area contributed by atoms with E-state index in [1.807, 2.05) is 10.3 Å². The third-order valence-corrected chi connectivity index (χ3v) is 4.29. The molecule has 9 heteroatoms. The lowest BCUT2D eigenvalue weighted by molar-refractivity contribution is -0.130. The van der Waals surface area contributed by atoms with Gasteiger partial charge in [0.1, 0.15) is 11.0 Å². The summed E-state index contributed by atoms with van der Waals surface area (Å²) in [5.41, 5.74) is 2.00. The van der Waals surface area contributed by atoms with Crippen LogP contribution in [0.2, 0.25) is 5.02 Å². The Kier molecular flexibility index (Phi) is 4.59. The third-order valence-electron chi connectivity index (χ3n) is 2.74. The Morgan fingerprint density at radius 3 is 2.85 bits per heavy atom. The second-order valence-electron chi connectivity index (χ2n) is 4.15. The molecule has 110 valence electrons. The highest BCUT2D eigenvalue weighted by molar-refractivity contribution is 7.89. The van der Waals surface area contributed by atoms with Crippen molar-refractivity contribution in [1.29, 1.82) is 0 Å². The zero-order valence-electron chi connectivity index (χ0n) is 10.2. The van der Waals surface area contributed by atoms with Gasteiger partial charge in [-0.2, -0.15) is 0 Å². The monoisotopic (exact) mass is 322 g/mol. The molecule has 1 fully saturated rings. The summed E-state index contributed by atoms with van der Waals surface area (Å²) >= 11 is 5.51. The molecule has 1 amide bonds. The molecule has 0 saturated carbocycles. The lowest BCUT2D eigenvalue weighted by Gasteiger charge is -2.12. The minimum Gasteiger partial charge on any atom is -0.368 e. The van der Waals surface area contributed by atoms with Crippen LogP contribution < -0.4 is 10.3 Å². The summed E-state index contributed by atoms with van der Waals surface area (Å²) in [5.74, 6) is -1.69. The Morgan fingerprint density at radius 1 is 1.45 bits per heavy atom. The molecule has 0 aliphatic carbocycles. The average Bonchev–Trinajstić information content (AvgIpc) is 2.93. The van der Waals surface area contributed by atoms with E-state index in [9.17, 15) is 17.6 Å². The molecule has 0 radical (unpaired) electrons. The van der Waals surface area contributed by atoms with Crippen molar-refractivity contribution in [3.8, 4) is 0 Å². The molecule has 1 unspecified atom stereocenters. The molecule has 0 spiro atoms. The van der Waals surface area contributed by atoms with Crippen molar-refractivity contribution in [2.75, 3.05) is 6.61 Å². The van der Waals surface area contributed by atoms with E-state index in [2.05, 4.69) is 0 Å². The van der Waals surface area contributed by atoms with Crippen molar-refractivity contribution in [3.05, 3.63) is 29.0 Å². The summed E-state index contributed by atoms with van der Waals surface area (Å²) in [5, 5.41) is -0.321. The Bertz CT molecular complexity index is 617. The van der Waals surface area contributed by atoms with Crippen LogP contribution in [0.25, 0.3) is 0 Å². The number of ether oxygens (including phenoxy) is 1. The molecule has 1 aliphatic heterocycles. The van der Waals surface area contributed by atoms with Gasteiger partial charge >= 0.3 is 0 Å². The number of halogens is 2. The Morgan fingerprint density at radius 2 is 2.20 bits per heavy atom. The van der Waals surface area contributed by atoms with Crippen molar-refractivity contribution in [2.24, 2.45) is 0 Å². The molecular formula is C11H12ClFN2O4S. The predicted molar refractivity (Wildman–Crippen MR) is 68.8 cm³/mol. The highest BCUT2D eigenvalue weighted by Crippen LogP contribution is 2.21. The molecule has 1 aromatic rings. The van der Waals surface area contributed by atoms with Crippen molar-refractivity contribution in [2.45, 2.75) is 23.8 Å². The molecule has 1 atom stereocenters. The fourth-order valence-electron chi connectivity index (χ4n) is 1.73. The topological polar surface area (TPSA) is 84.5 Å². The summed E-state index contributed by atoms with van der Waals surface area (Å²) in [4.78, 5) is 12.8. The first kappa shape index (κ1) is 15.2. The maximum absolute atomic E-state index is 13.6. The first-order valence-corrected chi connectivity index (χ1v) is 7.65. The lowest BCUT2D eigenvalue weighted by atomic mass is 10.2. The van der Waals surface area contributed by atoms with Gasteiger partial charge in [-0.1, -0.05) is 17.7 Å². The van der Waals surface area contributed by atoms with Gasteiger partial charge in [-0.25, -0.2) is 12.8 Å². The van der Waals surface area contributed by atoms with Crippen LogP contribution in [-0.4, -0.2) is 27.0 Å². The highest BCUT2D eigenvalue weighted by Gasteiger charge is 2.26. The van der Waals surface area contributed by atoms with Crippen molar-refractivity contribution in [3.63, 3.8) is 0 Å². The van der Waals surface area contributed by atoms with Gasteiger partial charge in [-0.15, -0.1) is 4.83 Å². The van der Waals surface area contributed by atoms with Crippen LogP contribution >= 0.6 is 11.6 Å². The first-order valence-electron chi connectivity index (χ1n) is 5.79. The van der Waals surface area contributed by atoms with E-state index >= 15 is 0 Å². The van der Waals surface area contributed by atoms with Crippen LogP contribution in [-0.2, 0) is 19.6 Å². The number of hydrogen-bond donors (Lipinski definition) is 2. The first-order chi connectivity index (χ1) is 9.42. The number of rotatable bonds is 4. The fourth-order valence-corrected chi connectivity index (χ4v) is 2.91. The molecule has 20 heavy (non-hydrogen) atoms. The SMILES string of the molecule is O=C(NNS(=O)(=O)c1cccc(Cl)c1F)C1CCCO1. The van der Waals surface area contributed by atoms with Crippen molar-refractivity contribution in [1.82, 2.24) is 10.3 Å². The zero-order chi connectivity index (χ0) is 14.8. The molecule has 1 aliphatic rings. The molecule has 2 N–H and O–H groups in total. The summed E-state index contributed by atoms with van der Waals surface area (Å²) in [6.45, 7) is 0.452. The normalized spacial score (nSPS) is 19.0. The Hall–Kier alpha value is -1.22. The highest BCUT2D eigenvalue weighted by atomic mass is 35.5. The van der Waals surface area contributed by atoms with Crippen molar-refractivity contribution >= 4 is 27.5 Å². The van der Waals surface area contributed by atoms with E-state index < -0.39 is 32.7 Å². The second-order valence-corrected chi connectivity index (χ2v) is 6.21. The molecule has 6 nitrogen and oxygen atoms in total. The van der Waals surface area contributed by atoms with E-state index in [-0.39, 0.29) is 5.02 Å². The smallest absolute Gasteiger partial charge is 0.264 e. The molecule has 2 rings (SSSR count). The van der Waals surface area contributed by atoms with Crippen LogP contribution in [0.15, 0.2) is 23.1 Å². The largest absolute Gasteiger partial charge is 0.368 e. The number of hydrazine groups is 1. The van der Waals surface area contributed by atoms with Gasteiger partial charge in [-0.3, -0.25) is 10.2 Å². The lowest BCUT2D eigenvalue weighted by Crippen LogP contribution is -2.46. The quantitative estimate of drug-likeness (QED) is 0.809. The van der Waals surface area contributed by atoms with E-state index in [0.717, 1.165) is 12.5 Å². The van der Waals surface area contributed by atoms with E-state index in [0.29, 0.717) is 13.0 Å². The van der Waals surface area contributed by atoms with Gasteiger partial charge < -0.3 is 4.74 Å². The van der Waals surface area contributed by atoms with Gasteiger partial charge in [0, 0.05) is 6.61 Å². The molecule has 1 saturated heterocycles. The summed E-state index contributed by atoms with van der Waals surface area (Å²) in [7, 11) is -4.24. The van der Waals surface area contributed by atoms with Gasteiger partial charge in [0.05, 0.1) is 5.02 Å². The maximum Gasteiger partial charge on any atom is 0.264 e. The van der Waals surface area contributed by atoms with E-state index in [1.165, 1.54) is 12.1 Å². The average molecular weight is 323 g/mol. The number of amides is 1. The Balaban J connectivity index is 2.07. The van der Waals surface area contributed by atoms with Crippen LogP contribution in [0, 0.1) is 5.82 Å². The van der Waals surface area contributed by atoms with E-state index in [1.54, 1.807) is 0 Å². The summed E-state index contributed by atoms with van der Waals surface area (Å²) in [6.07, 6.45) is 0.550. The third kappa shape index (κ3) is 3.26. The van der Waals surface area contributed by atoms with E-state index in [4.69, 9.17) is 16.3 Å². The minimum absolute atomic E-state index is 0.321. The molecular weight excluding hydrogens is 311 g/mol. The van der Waals surface area contributed by atoms with Gasteiger partial charge in [0.2, 0.25) is 0 Å². The second kappa shape index (κ2) is 6.04. The number of sulfonamides is 1. The van der Waals surface area contributed by atoms with Crippen LogP contribution in [0.3, 0.4) is 0 Å². The molecule has 0 aromatic heterocycles. The molecule has 0 bridgehead atoms. The van der Waals surface area contributed by atoms with Gasteiger partial charge in [0.15, 0.2) is 5.82 Å². The number of hydrogen-bond acceptors (Lipinski definition) is 4. The van der Waals surface area contributed by atoms with Crippen LogP contribution in [0.5, 0.6) is 0 Å².